The molecule has 0 atom stereocenters. The van der Waals surface area contributed by atoms with Crippen LogP contribution in [0.15, 0.2) is 203 Å². The minimum Gasteiger partial charge on any atom is -0.497 e. The molecule has 0 fully saturated rings. The number of hydrogen-bond acceptors (Lipinski definition) is 11. The molecule has 2 aliphatic rings. The number of hydrogen-bond donors (Lipinski definition) is 4. The van der Waals surface area contributed by atoms with Crippen LogP contribution >= 0.6 is 11.8 Å². The Morgan fingerprint density at radius 3 is 1.55 bits per heavy atom. The van der Waals surface area contributed by atoms with E-state index in [9.17, 15) is 19.2 Å². The van der Waals surface area contributed by atoms with E-state index in [1.807, 2.05) is 164 Å². The second kappa shape index (κ2) is 51.5. The molecule has 0 bridgehead atoms. The number of carbonyl (C=O) groups is 4. The van der Waals surface area contributed by atoms with Crippen molar-refractivity contribution in [3.05, 3.63) is 227 Å². The van der Waals surface area contributed by atoms with Crippen molar-refractivity contribution >= 4 is 69.5 Å². The van der Waals surface area contributed by atoms with Crippen molar-refractivity contribution in [1.29, 1.82) is 0 Å². The van der Waals surface area contributed by atoms with E-state index < -0.39 is 0 Å². The van der Waals surface area contributed by atoms with E-state index in [2.05, 4.69) is 164 Å². The summed E-state index contributed by atoms with van der Waals surface area (Å²) in [6.07, 6.45) is 23.5. The van der Waals surface area contributed by atoms with Crippen LogP contribution in [0.3, 0.4) is 0 Å². The summed E-state index contributed by atoms with van der Waals surface area (Å²) in [6, 6.07) is 62.0. The second-order valence-corrected chi connectivity index (χ2v) is 33.3. The van der Waals surface area contributed by atoms with Gasteiger partial charge < -0.3 is 45.4 Å². The van der Waals surface area contributed by atoms with E-state index in [0.717, 1.165) is 177 Å². The standard InChI is InChI=1S/C22H27NO2S.C22H19NO.C19H32N2O.C18H30N2O.C17H28N2O/c1-16(2)9-5-4-8-14-23-19-10-6-7-11-21(19)26-20-13-12-17(25-3)15-18(20)22(23)24;1-15(2)16-11-13-17(14-12-16)22-18-7-3-5-9-20(18)24-21-10-6-4-8-19(21)23-22;1-16(2)9-7-5-6-8-10-19(22)20-18-13-11-17(12-14-18)15-21(3)4;1-15(2)9-7-5-6-8-14-19-18(21)16-10-12-17(13-11-16)20(3)4;1-14(2)8-6-4-5-7-13-19-17(20)15-9-11-16(18-3)12-10-15/h6-7,10-13,15-16H,4-5,8-9,14H2,1-3H3;3-15H,1-2H3;11-14,16H,5-10,15H2,1-4H3,(H,20,22);10-13,15H,5-9,14H2,1-4H3,(H,19,21);9-12,14,18H,4-8,13H2,1-3H3,(H,19,20). The van der Waals surface area contributed by atoms with E-state index in [0.29, 0.717) is 12.3 Å². The minimum absolute atomic E-state index is 0.0230. The quantitative estimate of drug-likeness (QED) is 0.0276. The molecule has 113 heavy (non-hydrogen) atoms. The first-order valence-corrected chi connectivity index (χ1v) is 42.7. The van der Waals surface area contributed by atoms with Crippen LogP contribution in [0.5, 0.6) is 17.2 Å². The number of fused-ring (bicyclic) bond motifs is 4. The van der Waals surface area contributed by atoms with Gasteiger partial charge in [0.15, 0.2) is 5.75 Å². The maximum Gasteiger partial charge on any atom is 0.259 e. The van der Waals surface area contributed by atoms with Gasteiger partial charge in [-0.15, -0.1) is 0 Å². The van der Waals surface area contributed by atoms with Gasteiger partial charge in [0, 0.05) is 103 Å². The summed E-state index contributed by atoms with van der Waals surface area (Å²) in [5.74, 6) is 6.26. The summed E-state index contributed by atoms with van der Waals surface area (Å²) in [6.45, 7) is 25.7. The van der Waals surface area contributed by atoms with Crippen LogP contribution in [0.1, 0.15) is 257 Å². The molecule has 4 N–H and O–H groups in total. The Kier molecular flexibility index (Phi) is 42.3. The molecule has 4 amide bonds. The van der Waals surface area contributed by atoms with E-state index in [4.69, 9.17) is 14.5 Å². The van der Waals surface area contributed by atoms with Gasteiger partial charge in [0.2, 0.25) is 5.91 Å². The Morgan fingerprint density at radius 2 is 1.01 bits per heavy atom. The summed E-state index contributed by atoms with van der Waals surface area (Å²) in [5.41, 5.74) is 12.8. The number of unbranched alkanes of at least 4 members (excludes halogenated alkanes) is 11. The predicted molar refractivity (Wildman–Crippen MR) is 480 cm³/mol. The Balaban J connectivity index is 0.000000221. The number of nitrogens with one attached hydrogen (secondary N) is 4. The molecule has 0 aromatic heterocycles. The lowest BCUT2D eigenvalue weighted by Gasteiger charge is -2.23. The van der Waals surface area contributed by atoms with Crippen molar-refractivity contribution in [2.75, 3.05) is 82.4 Å². The number of ether oxygens (including phenoxy) is 2. The molecular weight excluding hydrogens is 1420 g/mol. The molecule has 14 nitrogen and oxygen atoms in total. The number of carbonyl (C=O) groups excluding carboxylic acids is 4. The Bertz CT molecular complexity index is 4090. The SMILES string of the molecule is CC(C)CCCCCCC(=O)Nc1ccc(CN(C)C)cc1.CC(C)CCCCCCNC(=O)c1ccc(N(C)C)cc1.CC(C)c1ccc(C2=Nc3ccccc3Oc3ccccc32)cc1.CNc1ccc(C(=O)NCCCCCCC(C)C)cc1.COc1ccc2c(c1)C(=O)N(CCCCCC(C)C)c1ccccc1S2. The van der Waals surface area contributed by atoms with Gasteiger partial charge in [-0.25, -0.2) is 4.99 Å². The fourth-order valence-electron chi connectivity index (χ4n) is 13.0. The van der Waals surface area contributed by atoms with E-state index in [1.54, 1.807) is 18.9 Å². The van der Waals surface area contributed by atoms with Gasteiger partial charge in [0.05, 0.1) is 24.1 Å². The highest BCUT2D eigenvalue weighted by Gasteiger charge is 2.28. The molecule has 0 radical (unpaired) electrons. The maximum atomic E-state index is 13.3. The summed E-state index contributed by atoms with van der Waals surface area (Å²) >= 11 is 1.66. The number of aliphatic imine (C=N–C) groups is 1. The number of anilines is 4. The fourth-order valence-corrected chi connectivity index (χ4v) is 14.1. The lowest BCUT2D eigenvalue weighted by Crippen LogP contribution is -2.31. The zero-order chi connectivity index (χ0) is 81.9. The molecule has 0 aliphatic carbocycles. The van der Waals surface area contributed by atoms with Gasteiger partial charge in [-0.2, -0.15) is 0 Å². The topological polar surface area (TPSA) is 157 Å². The number of methoxy groups -OCH3 is 1. The Labute approximate surface area is 684 Å². The van der Waals surface area contributed by atoms with Gasteiger partial charge in [0.1, 0.15) is 17.2 Å². The minimum atomic E-state index is 0.0230. The third kappa shape index (κ3) is 34.6. The van der Waals surface area contributed by atoms with Crippen LogP contribution < -0.4 is 40.5 Å². The highest BCUT2D eigenvalue weighted by molar-refractivity contribution is 7.99. The first kappa shape index (κ1) is 92.7. The normalized spacial score (nSPS) is 11.8. The monoisotopic (exact) mass is 1550 g/mol. The molecule has 0 saturated carbocycles. The van der Waals surface area contributed by atoms with Crippen LogP contribution in [-0.2, 0) is 11.3 Å². The molecule has 10 rings (SSSR count). The molecule has 610 valence electrons. The van der Waals surface area contributed by atoms with Crippen LogP contribution in [0.25, 0.3) is 0 Å². The molecule has 2 heterocycles. The largest absolute Gasteiger partial charge is 0.497 e. The molecule has 15 heteroatoms. The van der Waals surface area contributed by atoms with Crippen LogP contribution in [0.4, 0.5) is 28.4 Å². The molecule has 0 spiro atoms. The summed E-state index contributed by atoms with van der Waals surface area (Å²) < 4.78 is 11.4. The van der Waals surface area contributed by atoms with E-state index in [-0.39, 0.29) is 23.6 Å². The van der Waals surface area contributed by atoms with E-state index >= 15 is 0 Å². The molecule has 2 aliphatic heterocycles. The Morgan fingerprint density at radius 1 is 0.504 bits per heavy atom. The van der Waals surface area contributed by atoms with Gasteiger partial charge in [-0.1, -0.05) is 250 Å². The third-order valence-electron chi connectivity index (χ3n) is 19.8. The number of benzene rings is 8. The second-order valence-electron chi connectivity index (χ2n) is 32.2. The molecule has 8 aromatic rings. The lowest BCUT2D eigenvalue weighted by molar-refractivity contribution is -0.116. The van der Waals surface area contributed by atoms with Gasteiger partial charge in [-0.05, 0) is 196 Å². The highest BCUT2D eigenvalue weighted by Crippen LogP contribution is 2.43. The number of amides is 4. The average Bonchev–Trinajstić information content (AvgIpc) is 1.66. The summed E-state index contributed by atoms with van der Waals surface area (Å²) in [5, 5.41) is 12.0. The molecule has 0 saturated heterocycles. The molecule has 8 aromatic carbocycles. The van der Waals surface area contributed by atoms with Gasteiger partial charge in [-0.3, -0.25) is 19.2 Å². The van der Waals surface area contributed by atoms with Crippen molar-refractivity contribution < 1.29 is 28.7 Å². The summed E-state index contributed by atoms with van der Waals surface area (Å²) in [7, 11) is 11.6. The first-order chi connectivity index (χ1) is 54.4. The van der Waals surface area contributed by atoms with Crippen molar-refractivity contribution in [3.63, 3.8) is 0 Å². The highest BCUT2D eigenvalue weighted by atomic mass is 32.2. The number of nitrogens with zero attached hydrogens (tertiary/aromatic N) is 4. The molecular formula is C98H136N8O6S. The lowest BCUT2D eigenvalue weighted by atomic mass is 9.97. The zero-order valence-electron chi connectivity index (χ0n) is 71.4. The third-order valence-corrected chi connectivity index (χ3v) is 20.9. The zero-order valence-corrected chi connectivity index (χ0v) is 72.2. The van der Waals surface area contributed by atoms with Crippen LogP contribution in [0, 0.1) is 23.7 Å². The fraction of sp³-hybridized carbons (Fsp3) is 0.459. The van der Waals surface area contributed by atoms with Crippen molar-refractivity contribution in [2.24, 2.45) is 28.7 Å². The smallest absolute Gasteiger partial charge is 0.259 e. The average molecular weight is 1550 g/mol. The van der Waals surface area contributed by atoms with Gasteiger partial charge >= 0.3 is 0 Å². The number of rotatable bonds is 37. The Hall–Kier alpha value is -9.18. The van der Waals surface area contributed by atoms with Crippen molar-refractivity contribution in [2.45, 2.75) is 220 Å². The summed E-state index contributed by atoms with van der Waals surface area (Å²) in [4.78, 5) is 62.2. The van der Waals surface area contributed by atoms with Crippen molar-refractivity contribution in [3.8, 4) is 17.2 Å². The maximum absolute atomic E-state index is 13.3. The van der Waals surface area contributed by atoms with Crippen LogP contribution in [0.2, 0.25) is 0 Å². The van der Waals surface area contributed by atoms with Gasteiger partial charge in [0.25, 0.3) is 17.7 Å². The van der Waals surface area contributed by atoms with Crippen molar-refractivity contribution in [1.82, 2.24) is 15.5 Å². The molecule has 0 unspecified atom stereocenters. The first-order valence-electron chi connectivity index (χ1n) is 41.9. The van der Waals surface area contributed by atoms with Crippen LogP contribution in [-0.4, -0.2) is 96.2 Å². The predicted octanol–water partition coefficient (Wildman–Crippen LogP) is 24.9. The van der Waals surface area contributed by atoms with E-state index in [1.165, 1.54) is 94.6 Å². The number of para-hydroxylation sites is 4.